The predicted octanol–water partition coefficient (Wildman–Crippen LogP) is 0.476. The van der Waals surface area contributed by atoms with Crippen LogP contribution in [-0.2, 0) is 4.79 Å². The Morgan fingerprint density at radius 3 is 2.18 bits per heavy atom. The second-order valence-corrected chi connectivity index (χ2v) is 3.42. The van der Waals surface area contributed by atoms with E-state index in [0.29, 0.717) is 11.8 Å². The van der Waals surface area contributed by atoms with Gasteiger partial charge in [0.2, 0.25) is 0 Å². The minimum atomic E-state index is -0.623. The predicted molar refractivity (Wildman–Crippen MR) is 42.6 cm³/mol. The number of nitrogens with two attached hydrogens (primary N) is 1. The summed E-state index contributed by atoms with van der Waals surface area (Å²) in [7, 11) is 0. The van der Waals surface area contributed by atoms with E-state index in [-0.39, 0.29) is 24.4 Å². The summed E-state index contributed by atoms with van der Waals surface area (Å²) >= 11 is 0. The number of carboxylic acid groups (broad SMARTS) is 1. The van der Waals surface area contributed by atoms with Crippen molar-refractivity contribution in [2.75, 3.05) is 0 Å². The van der Waals surface area contributed by atoms with Gasteiger partial charge in [0.05, 0.1) is 5.92 Å². The molecule has 2 saturated carbocycles. The van der Waals surface area contributed by atoms with Gasteiger partial charge in [0.15, 0.2) is 0 Å². The molecule has 11 heavy (non-hydrogen) atoms. The maximum atomic E-state index is 10.4. The summed E-state index contributed by atoms with van der Waals surface area (Å²) in [6, 6.07) is 0.283. The second-order valence-electron chi connectivity index (χ2n) is 3.42. The van der Waals surface area contributed by atoms with E-state index in [1.807, 2.05) is 0 Å². The van der Waals surface area contributed by atoms with Crippen LogP contribution in [0, 0.1) is 17.8 Å². The lowest BCUT2D eigenvalue weighted by Crippen LogP contribution is -2.20. The van der Waals surface area contributed by atoms with Gasteiger partial charge < -0.3 is 10.8 Å². The Hall–Kier alpha value is -0.280. The van der Waals surface area contributed by atoms with Crippen molar-refractivity contribution in [1.29, 1.82) is 0 Å². The van der Waals surface area contributed by atoms with E-state index in [9.17, 15) is 4.79 Å². The fourth-order valence-electron chi connectivity index (χ4n) is 2.25. The van der Waals surface area contributed by atoms with Crippen molar-refractivity contribution in [3.05, 3.63) is 0 Å². The fraction of sp³-hybridized carbons (Fsp3) is 0.857. The highest BCUT2D eigenvalue weighted by Gasteiger charge is 2.59. The van der Waals surface area contributed by atoms with Crippen LogP contribution in [0.25, 0.3) is 0 Å². The van der Waals surface area contributed by atoms with E-state index in [0.717, 1.165) is 12.8 Å². The van der Waals surface area contributed by atoms with Gasteiger partial charge in [-0.2, -0.15) is 0 Å². The van der Waals surface area contributed by atoms with Crippen molar-refractivity contribution in [2.45, 2.75) is 18.9 Å². The number of fused-ring (bicyclic) bond motifs is 1. The molecule has 0 aliphatic heterocycles. The zero-order chi connectivity index (χ0) is 7.30. The Morgan fingerprint density at radius 1 is 1.36 bits per heavy atom. The standard InChI is InChI=1S/C7H11NO2.ClH/c8-3-1-4-5(2-3)6(4)7(9)10;/h3-6H,1-2,8H2,(H,9,10);1H. The lowest BCUT2D eigenvalue weighted by molar-refractivity contribution is -0.139. The highest BCUT2D eigenvalue weighted by molar-refractivity contribution is 5.85. The number of rotatable bonds is 1. The molecule has 2 atom stereocenters. The molecule has 2 aliphatic carbocycles. The van der Waals surface area contributed by atoms with Crippen molar-refractivity contribution in [3.63, 3.8) is 0 Å². The van der Waals surface area contributed by atoms with E-state index in [4.69, 9.17) is 10.8 Å². The van der Waals surface area contributed by atoms with Crippen LogP contribution in [-0.4, -0.2) is 17.1 Å². The van der Waals surface area contributed by atoms with Crippen molar-refractivity contribution in [2.24, 2.45) is 23.5 Å². The fourth-order valence-corrected chi connectivity index (χ4v) is 2.25. The van der Waals surface area contributed by atoms with Crippen molar-refractivity contribution < 1.29 is 9.90 Å². The van der Waals surface area contributed by atoms with E-state index >= 15 is 0 Å². The molecule has 0 bridgehead atoms. The van der Waals surface area contributed by atoms with E-state index in [1.54, 1.807) is 0 Å². The molecule has 64 valence electrons. The number of hydrogen-bond donors (Lipinski definition) is 2. The molecule has 0 amide bonds. The number of hydrogen-bond acceptors (Lipinski definition) is 2. The number of carboxylic acids is 1. The summed E-state index contributed by atoms with van der Waals surface area (Å²) in [6.07, 6.45) is 1.86. The zero-order valence-corrected chi connectivity index (χ0v) is 6.88. The van der Waals surface area contributed by atoms with E-state index in [2.05, 4.69) is 0 Å². The van der Waals surface area contributed by atoms with Gasteiger partial charge in [-0.25, -0.2) is 0 Å². The van der Waals surface area contributed by atoms with Crippen LogP contribution in [0.3, 0.4) is 0 Å². The van der Waals surface area contributed by atoms with Crippen LogP contribution < -0.4 is 5.73 Å². The molecule has 0 spiro atoms. The lowest BCUT2D eigenvalue weighted by Gasteiger charge is -2.04. The van der Waals surface area contributed by atoms with E-state index in [1.165, 1.54) is 0 Å². The first-order valence-electron chi connectivity index (χ1n) is 3.68. The monoisotopic (exact) mass is 177 g/mol. The summed E-state index contributed by atoms with van der Waals surface area (Å²) in [5.74, 6) is 0.182. The SMILES string of the molecule is Cl.NC1CC2C(C1)C2C(=O)O. The molecule has 0 radical (unpaired) electrons. The van der Waals surface area contributed by atoms with Gasteiger partial charge in [0, 0.05) is 6.04 Å². The summed E-state index contributed by atoms with van der Waals surface area (Å²) in [6.45, 7) is 0. The zero-order valence-electron chi connectivity index (χ0n) is 6.06. The minimum absolute atomic E-state index is 0. The maximum Gasteiger partial charge on any atom is 0.307 e. The smallest absolute Gasteiger partial charge is 0.307 e. The molecule has 0 aromatic rings. The normalized spacial score (nSPS) is 45.9. The highest BCUT2D eigenvalue weighted by atomic mass is 35.5. The molecule has 0 heterocycles. The van der Waals surface area contributed by atoms with Gasteiger partial charge in [0.25, 0.3) is 0 Å². The van der Waals surface area contributed by atoms with Gasteiger partial charge in [-0.15, -0.1) is 12.4 Å². The van der Waals surface area contributed by atoms with Gasteiger partial charge in [-0.1, -0.05) is 0 Å². The number of halogens is 1. The molecule has 0 aromatic carbocycles. The van der Waals surface area contributed by atoms with Crippen LogP contribution in [0.15, 0.2) is 0 Å². The second kappa shape index (κ2) is 2.64. The third-order valence-corrected chi connectivity index (χ3v) is 2.77. The quantitative estimate of drug-likeness (QED) is 0.612. The van der Waals surface area contributed by atoms with Gasteiger partial charge in [0.1, 0.15) is 0 Å². The van der Waals surface area contributed by atoms with Crippen LogP contribution in [0.1, 0.15) is 12.8 Å². The third-order valence-electron chi connectivity index (χ3n) is 2.77. The summed E-state index contributed by atoms with van der Waals surface area (Å²) in [4.78, 5) is 10.4. The van der Waals surface area contributed by atoms with Gasteiger partial charge in [-0.05, 0) is 24.7 Å². The topological polar surface area (TPSA) is 63.3 Å². The molecule has 3 nitrogen and oxygen atoms in total. The molecule has 3 N–H and O–H groups in total. The summed E-state index contributed by atoms with van der Waals surface area (Å²) in [5.41, 5.74) is 5.62. The highest BCUT2D eigenvalue weighted by Crippen LogP contribution is 2.56. The van der Waals surface area contributed by atoms with Crippen LogP contribution >= 0.6 is 12.4 Å². The molecule has 2 unspecified atom stereocenters. The third kappa shape index (κ3) is 1.23. The maximum absolute atomic E-state index is 10.4. The molecule has 2 fully saturated rings. The molecule has 2 rings (SSSR count). The number of carbonyl (C=O) groups is 1. The molecule has 4 heteroatoms. The number of aliphatic carboxylic acids is 1. The van der Waals surface area contributed by atoms with E-state index < -0.39 is 5.97 Å². The first kappa shape index (κ1) is 8.81. The van der Waals surface area contributed by atoms with Gasteiger partial charge in [-0.3, -0.25) is 4.79 Å². The minimum Gasteiger partial charge on any atom is -0.481 e. The summed E-state index contributed by atoms with van der Waals surface area (Å²) < 4.78 is 0. The van der Waals surface area contributed by atoms with Crippen LogP contribution in [0.2, 0.25) is 0 Å². The molecule has 0 saturated heterocycles. The van der Waals surface area contributed by atoms with Crippen molar-refractivity contribution in [1.82, 2.24) is 0 Å². The van der Waals surface area contributed by atoms with Crippen LogP contribution in [0.5, 0.6) is 0 Å². The lowest BCUT2D eigenvalue weighted by atomic mass is 10.1. The Bertz CT molecular complexity index is 173. The largest absolute Gasteiger partial charge is 0.481 e. The molecule has 0 aromatic heterocycles. The first-order chi connectivity index (χ1) is 4.70. The van der Waals surface area contributed by atoms with Crippen molar-refractivity contribution in [3.8, 4) is 0 Å². The van der Waals surface area contributed by atoms with Crippen LogP contribution in [0.4, 0.5) is 0 Å². The molecule has 2 aliphatic rings. The average molecular weight is 178 g/mol. The first-order valence-corrected chi connectivity index (χ1v) is 3.68. The average Bonchev–Trinajstić information content (AvgIpc) is 2.32. The Kier molecular flexibility index (Phi) is 2.12. The van der Waals surface area contributed by atoms with Crippen molar-refractivity contribution >= 4 is 18.4 Å². The molecular weight excluding hydrogens is 166 g/mol. The van der Waals surface area contributed by atoms with Gasteiger partial charge >= 0.3 is 5.97 Å². The molecular formula is C7H12ClNO2. The Balaban J connectivity index is 0.000000605. The Morgan fingerprint density at radius 2 is 1.82 bits per heavy atom. The summed E-state index contributed by atoms with van der Waals surface area (Å²) in [5, 5.41) is 8.60. The Labute approximate surface area is 71.4 Å².